The smallest absolute Gasteiger partial charge is 0.244 e. The Morgan fingerprint density at radius 1 is 0.947 bits per heavy atom. The van der Waals surface area contributed by atoms with E-state index >= 15 is 0 Å². The van der Waals surface area contributed by atoms with Gasteiger partial charge in [-0.2, -0.15) is 0 Å². The van der Waals surface area contributed by atoms with Gasteiger partial charge in [-0.05, 0) is 53.9 Å². The normalized spacial score (nSPS) is 12.0. The fourth-order valence-corrected chi connectivity index (χ4v) is 5.04. The maximum atomic E-state index is 13.9. The van der Waals surface area contributed by atoms with Crippen molar-refractivity contribution in [3.05, 3.63) is 100 Å². The molecule has 3 rings (SSSR count). The average molecular weight is 605 g/mol. The summed E-state index contributed by atoms with van der Waals surface area (Å²) in [5.41, 5.74) is 1.77. The third kappa shape index (κ3) is 8.39. The Bertz CT molecular complexity index is 1320. The second-order valence-electron chi connectivity index (χ2n) is 8.89. The molecule has 3 aromatic rings. The highest BCUT2D eigenvalue weighted by Crippen LogP contribution is 2.22. The van der Waals surface area contributed by atoms with E-state index in [1.165, 1.54) is 17.0 Å². The lowest BCUT2D eigenvalue weighted by Crippen LogP contribution is -2.53. The van der Waals surface area contributed by atoms with Gasteiger partial charge in [0.25, 0.3) is 0 Å². The zero-order valence-electron chi connectivity index (χ0n) is 21.3. The Hall–Kier alpha value is -3.24. The molecule has 0 aliphatic carbocycles. The molecule has 3 aromatic carbocycles. The van der Waals surface area contributed by atoms with Crippen LogP contribution in [0.4, 0.5) is 10.1 Å². The molecule has 0 aliphatic heterocycles. The molecule has 7 nitrogen and oxygen atoms in total. The van der Waals surface area contributed by atoms with Crippen molar-refractivity contribution >= 4 is 43.5 Å². The van der Waals surface area contributed by atoms with Crippen LogP contribution in [0.1, 0.15) is 24.5 Å². The predicted octanol–water partition coefficient (Wildman–Crippen LogP) is 4.52. The number of anilines is 1. The highest BCUT2D eigenvalue weighted by molar-refractivity contribution is 9.10. The van der Waals surface area contributed by atoms with E-state index < -0.39 is 34.3 Å². The first-order valence-corrected chi connectivity index (χ1v) is 14.8. The van der Waals surface area contributed by atoms with Crippen LogP contribution in [0.15, 0.2) is 83.3 Å². The van der Waals surface area contributed by atoms with Crippen molar-refractivity contribution < 1.29 is 22.4 Å². The van der Waals surface area contributed by atoms with E-state index in [-0.39, 0.29) is 18.9 Å². The van der Waals surface area contributed by atoms with Crippen LogP contribution < -0.4 is 9.62 Å². The number of carbonyl (C=O) groups excluding carboxylic acids is 2. The molecule has 0 unspecified atom stereocenters. The van der Waals surface area contributed by atoms with E-state index in [0.29, 0.717) is 24.2 Å². The minimum Gasteiger partial charge on any atom is -0.354 e. The highest BCUT2D eigenvalue weighted by atomic mass is 79.9. The fourth-order valence-electron chi connectivity index (χ4n) is 3.93. The molecular weight excluding hydrogens is 573 g/mol. The van der Waals surface area contributed by atoms with E-state index in [2.05, 4.69) is 21.2 Å². The summed E-state index contributed by atoms with van der Waals surface area (Å²) in [4.78, 5) is 28.6. The van der Waals surface area contributed by atoms with Gasteiger partial charge in [-0.1, -0.05) is 65.3 Å². The summed E-state index contributed by atoms with van der Waals surface area (Å²) < 4.78 is 40.8. The van der Waals surface area contributed by atoms with Crippen LogP contribution in [-0.2, 0) is 32.6 Å². The topological polar surface area (TPSA) is 86.8 Å². The van der Waals surface area contributed by atoms with Gasteiger partial charge in [0.15, 0.2) is 0 Å². The van der Waals surface area contributed by atoms with Crippen LogP contribution in [0.25, 0.3) is 0 Å². The predicted molar refractivity (Wildman–Crippen MR) is 151 cm³/mol. The number of nitrogens with one attached hydrogen (secondary N) is 1. The van der Waals surface area contributed by atoms with Gasteiger partial charge in [-0.3, -0.25) is 13.9 Å². The molecule has 1 N–H and O–H groups in total. The number of hydrogen-bond acceptors (Lipinski definition) is 4. The van der Waals surface area contributed by atoms with Gasteiger partial charge in [-0.25, -0.2) is 12.8 Å². The molecule has 10 heteroatoms. The molecule has 38 heavy (non-hydrogen) atoms. The van der Waals surface area contributed by atoms with E-state index in [9.17, 15) is 22.4 Å². The van der Waals surface area contributed by atoms with Crippen LogP contribution >= 0.6 is 15.9 Å². The number of hydrogen-bond donors (Lipinski definition) is 1. The third-order valence-corrected chi connectivity index (χ3v) is 7.55. The van der Waals surface area contributed by atoms with Crippen LogP contribution in [0.3, 0.4) is 0 Å². The first-order valence-electron chi connectivity index (χ1n) is 12.2. The second-order valence-corrected chi connectivity index (χ2v) is 11.7. The fraction of sp³-hybridized carbons (Fsp3) is 0.286. The summed E-state index contributed by atoms with van der Waals surface area (Å²) in [6.45, 7) is 1.84. The first-order chi connectivity index (χ1) is 18.1. The van der Waals surface area contributed by atoms with Gasteiger partial charge >= 0.3 is 0 Å². The zero-order chi connectivity index (χ0) is 27.7. The molecule has 0 fully saturated rings. The molecular formula is C28H31BrFN3O4S. The summed E-state index contributed by atoms with van der Waals surface area (Å²) in [7, 11) is -3.84. The van der Waals surface area contributed by atoms with Crippen molar-refractivity contribution in [1.82, 2.24) is 10.2 Å². The maximum Gasteiger partial charge on any atom is 0.244 e. The van der Waals surface area contributed by atoms with E-state index in [4.69, 9.17) is 0 Å². The lowest BCUT2D eigenvalue weighted by Gasteiger charge is -2.33. The van der Waals surface area contributed by atoms with Gasteiger partial charge in [0.05, 0.1) is 11.9 Å². The van der Waals surface area contributed by atoms with E-state index in [0.717, 1.165) is 20.6 Å². The molecule has 0 bridgehead atoms. The van der Waals surface area contributed by atoms with Crippen LogP contribution in [0.2, 0.25) is 0 Å². The van der Waals surface area contributed by atoms with Crippen LogP contribution in [0, 0.1) is 5.82 Å². The summed E-state index contributed by atoms with van der Waals surface area (Å²) in [5.74, 6) is -1.33. The number of nitrogens with zero attached hydrogens (tertiary/aromatic N) is 2. The van der Waals surface area contributed by atoms with Gasteiger partial charge in [0.2, 0.25) is 21.8 Å². The number of halogens is 2. The summed E-state index contributed by atoms with van der Waals surface area (Å²) >= 11 is 3.33. The Kier molecular flexibility index (Phi) is 10.4. The molecule has 0 saturated heterocycles. The molecule has 0 spiro atoms. The number of sulfonamides is 1. The van der Waals surface area contributed by atoms with Crippen molar-refractivity contribution in [1.29, 1.82) is 0 Å². The maximum absolute atomic E-state index is 13.9. The molecule has 0 saturated carbocycles. The number of rotatable bonds is 12. The van der Waals surface area contributed by atoms with Crippen molar-refractivity contribution in [3.8, 4) is 0 Å². The summed E-state index contributed by atoms with van der Waals surface area (Å²) in [6, 6.07) is 20.6. The largest absolute Gasteiger partial charge is 0.354 e. The van der Waals surface area contributed by atoms with Crippen molar-refractivity contribution in [2.24, 2.45) is 0 Å². The van der Waals surface area contributed by atoms with Crippen molar-refractivity contribution in [2.45, 2.75) is 32.4 Å². The van der Waals surface area contributed by atoms with E-state index in [1.807, 2.05) is 37.3 Å². The van der Waals surface area contributed by atoms with Gasteiger partial charge < -0.3 is 10.2 Å². The minimum atomic E-state index is -3.84. The Morgan fingerprint density at radius 2 is 1.58 bits per heavy atom. The average Bonchev–Trinajstić information content (AvgIpc) is 2.89. The number of carbonyl (C=O) groups is 2. The highest BCUT2D eigenvalue weighted by Gasteiger charge is 2.32. The number of amides is 2. The van der Waals surface area contributed by atoms with Crippen molar-refractivity contribution in [2.75, 3.05) is 23.7 Å². The quantitative estimate of drug-likeness (QED) is 0.330. The molecule has 0 aromatic heterocycles. The van der Waals surface area contributed by atoms with Gasteiger partial charge in [0, 0.05) is 24.0 Å². The Morgan fingerprint density at radius 3 is 2.16 bits per heavy atom. The lowest BCUT2D eigenvalue weighted by molar-refractivity contribution is -0.140. The third-order valence-electron chi connectivity index (χ3n) is 5.88. The Balaban J connectivity index is 2.02. The molecule has 0 heterocycles. The van der Waals surface area contributed by atoms with Crippen molar-refractivity contribution in [3.63, 3.8) is 0 Å². The minimum absolute atomic E-state index is 0.00585. The zero-order valence-corrected chi connectivity index (χ0v) is 23.7. The van der Waals surface area contributed by atoms with Crippen LogP contribution in [-0.4, -0.2) is 50.5 Å². The van der Waals surface area contributed by atoms with E-state index in [1.54, 1.807) is 36.4 Å². The standard InChI is InChI=1S/C28H31BrFN3O4S/c1-3-17-31-28(35)26(18-21-7-5-4-6-8-21)32(19-22-9-13-24(30)14-10-22)27(34)20-33(38(2,36)37)25-15-11-23(29)12-16-25/h4-16,26H,3,17-20H2,1-2H3,(H,31,35)/t26-/m1/s1. The monoisotopic (exact) mass is 603 g/mol. The molecule has 0 radical (unpaired) electrons. The lowest BCUT2D eigenvalue weighted by atomic mass is 10.0. The Labute approximate surface area is 231 Å². The summed E-state index contributed by atoms with van der Waals surface area (Å²) in [5, 5.41) is 2.87. The van der Waals surface area contributed by atoms with Gasteiger partial charge in [-0.15, -0.1) is 0 Å². The van der Waals surface area contributed by atoms with Gasteiger partial charge in [0.1, 0.15) is 18.4 Å². The molecule has 2 amide bonds. The SMILES string of the molecule is CCCNC(=O)[C@@H](Cc1ccccc1)N(Cc1ccc(F)cc1)C(=O)CN(c1ccc(Br)cc1)S(C)(=O)=O. The number of benzene rings is 3. The second kappa shape index (κ2) is 13.5. The molecule has 0 aliphatic rings. The first kappa shape index (κ1) is 29.3. The summed E-state index contributed by atoms with van der Waals surface area (Å²) in [6.07, 6.45) is 1.96. The van der Waals surface area contributed by atoms with Crippen LogP contribution in [0.5, 0.6) is 0 Å². The molecule has 1 atom stereocenters. The molecule has 202 valence electrons.